The maximum Gasteiger partial charge on any atom is 0.212 e. The van der Waals surface area contributed by atoms with Crippen molar-refractivity contribution in [3.63, 3.8) is 0 Å². The first-order valence-electron chi connectivity index (χ1n) is 6.38. The molecule has 0 aromatic heterocycles. The van der Waals surface area contributed by atoms with E-state index in [0.717, 1.165) is 25.8 Å². The maximum absolute atomic E-state index is 12.0. The number of hydrogen-bond acceptors (Lipinski definition) is 4. The molecule has 2 heterocycles. The Balaban J connectivity index is 0.00000162. The molecule has 108 valence electrons. The molecule has 0 amide bonds. The van der Waals surface area contributed by atoms with Crippen LogP contribution < -0.4 is 10.0 Å². The molecular formula is C11H23ClN2O3S. The van der Waals surface area contributed by atoms with Gasteiger partial charge in [0.2, 0.25) is 10.0 Å². The second-order valence-corrected chi connectivity index (χ2v) is 6.92. The molecule has 2 rings (SSSR count). The summed E-state index contributed by atoms with van der Waals surface area (Å²) >= 11 is 0. The zero-order chi connectivity index (χ0) is 12.3. The van der Waals surface area contributed by atoms with Crippen molar-refractivity contribution in [2.45, 2.75) is 38.3 Å². The first-order chi connectivity index (χ1) is 8.07. The number of hydrogen-bond donors (Lipinski definition) is 2. The van der Waals surface area contributed by atoms with Crippen LogP contribution in [0.15, 0.2) is 0 Å². The van der Waals surface area contributed by atoms with E-state index >= 15 is 0 Å². The van der Waals surface area contributed by atoms with Crippen molar-refractivity contribution in [2.75, 3.05) is 25.5 Å². The Morgan fingerprint density at radius 2 is 2.17 bits per heavy atom. The molecule has 0 radical (unpaired) electrons. The van der Waals surface area contributed by atoms with Gasteiger partial charge in [0.05, 0.1) is 12.4 Å². The Bertz CT molecular complexity index is 344. The highest BCUT2D eigenvalue weighted by molar-refractivity contribution is 7.89. The van der Waals surface area contributed by atoms with Crippen molar-refractivity contribution in [1.82, 2.24) is 10.0 Å². The predicted octanol–water partition coefficient (Wildman–Crippen LogP) is 0.505. The molecule has 2 aliphatic rings. The van der Waals surface area contributed by atoms with Crippen LogP contribution in [0.25, 0.3) is 0 Å². The fraction of sp³-hybridized carbons (Fsp3) is 1.00. The van der Waals surface area contributed by atoms with Gasteiger partial charge in [-0.2, -0.15) is 0 Å². The van der Waals surface area contributed by atoms with E-state index in [1.807, 2.05) is 6.92 Å². The summed E-state index contributed by atoms with van der Waals surface area (Å²) in [6.45, 7) is 4.29. The minimum absolute atomic E-state index is 0. The highest BCUT2D eigenvalue weighted by Crippen LogP contribution is 2.16. The normalized spacial score (nSPS) is 33.1. The predicted molar refractivity (Wildman–Crippen MR) is 73.6 cm³/mol. The van der Waals surface area contributed by atoms with Crippen LogP contribution in [-0.2, 0) is 14.8 Å². The van der Waals surface area contributed by atoms with E-state index in [-0.39, 0.29) is 36.2 Å². The summed E-state index contributed by atoms with van der Waals surface area (Å²) in [4.78, 5) is 0. The molecule has 0 aromatic carbocycles. The standard InChI is InChI=1S/C11H22N2O3S.ClH/c1-9-11(3-2-5-12-9)13-17(14,15)8-10-4-6-16-7-10;/h9-13H,2-8H2,1H3;1H. The summed E-state index contributed by atoms with van der Waals surface area (Å²) in [6.07, 6.45) is 2.82. The Hall–Kier alpha value is 0.120. The molecule has 3 unspecified atom stereocenters. The molecule has 2 fully saturated rings. The number of rotatable bonds is 4. The van der Waals surface area contributed by atoms with Gasteiger partial charge in [0.15, 0.2) is 0 Å². The van der Waals surface area contributed by atoms with E-state index in [1.54, 1.807) is 0 Å². The first kappa shape index (κ1) is 16.2. The molecule has 18 heavy (non-hydrogen) atoms. The van der Waals surface area contributed by atoms with Gasteiger partial charge in [-0.05, 0) is 38.6 Å². The number of nitrogens with one attached hydrogen (secondary N) is 2. The van der Waals surface area contributed by atoms with Gasteiger partial charge >= 0.3 is 0 Å². The van der Waals surface area contributed by atoms with E-state index in [9.17, 15) is 8.42 Å². The van der Waals surface area contributed by atoms with Crippen molar-refractivity contribution in [3.05, 3.63) is 0 Å². The molecular weight excluding hydrogens is 276 g/mol. The number of ether oxygens (including phenoxy) is 1. The summed E-state index contributed by atoms with van der Waals surface area (Å²) < 4.78 is 32.0. The lowest BCUT2D eigenvalue weighted by molar-refractivity contribution is 0.188. The van der Waals surface area contributed by atoms with Crippen molar-refractivity contribution < 1.29 is 13.2 Å². The van der Waals surface area contributed by atoms with Gasteiger partial charge in [-0.25, -0.2) is 13.1 Å². The van der Waals surface area contributed by atoms with E-state index in [4.69, 9.17) is 4.74 Å². The fourth-order valence-corrected chi connectivity index (χ4v) is 4.27. The summed E-state index contributed by atoms with van der Waals surface area (Å²) in [6, 6.07) is 0.259. The Morgan fingerprint density at radius 3 is 2.78 bits per heavy atom. The second kappa shape index (κ2) is 7.05. The summed E-state index contributed by atoms with van der Waals surface area (Å²) in [5.41, 5.74) is 0. The van der Waals surface area contributed by atoms with Crippen LogP contribution in [0.3, 0.4) is 0 Å². The van der Waals surface area contributed by atoms with Gasteiger partial charge in [-0.1, -0.05) is 0 Å². The minimum Gasteiger partial charge on any atom is -0.381 e. The number of piperidine rings is 1. The zero-order valence-electron chi connectivity index (χ0n) is 10.7. The maximum atomic E-state index is 12.0. The molecule has 3 atom stereocenters. The lowest BCUT2D eigenvalue weighted by atomic mass is 10.0. The third-order valence-corrected chi connectivity index (χ3v) is 5.14. The molecule has 5 nitrogen and oxygen atoms in total. The van der Waals surface area contributed by atoms with Crippen LogP contribution in [0, 0.1) is 5.92 Å². The second-order valence-electron chi connectivity index (χ2n) is 5.12. The SMILES string of the molecule is CC1NCCCC1NS(=O)(=O)CC1CCOC1.Cl. The van der Waals surface area contributed by atoms with Crippen LogP contribution in [-0.4, -0.2) is 46.0 Å². The van der Waals surface area contributed by atoms with E-state index in [0.29, 0.717) is 13.2 Å². The van der Waals surface area contributed by atoms with Gasteiger partial charge in [0.1, 0.15) is 0 Å². The Kier molecular flexibility index (Phi) is 6.34. The van der Waals surface area contributed by atoms with Crippen molar-refractivity contribution in [2.24, 2.45) is 5.92 Å². The molecule has 2 N–H and O–H groups in total. The highest BCUT2D eigenvalue weighted by Gasteiger charge is 2.28. The number of sulfonamides is 1. The summed E-state index contributed by atoms with van der Waals surface area (Å²) in [7, 11) is -3.17. The quantitative estimate of drug-likeness (QED) is 0.793. The Morgan fingerprint density at radius 1 is 1.39 bits per heavy atom. The number of halogens is 1. The van der Waals surface area contributed by atoms with Gasteiger partial charge in [-0.15, -0.1) is 12.4 Å². The van der Waals surface area contributed by atoms with Crippen LogP contribution in [0.4, 0.5) is 0 Å². The lowest BCUT2D eigenvalue weighted by Crippen LogP contribution is -2.52. The third-order valence-electron chi connectivity index (χ3n) is 3.57. The largest absolute Gasteiger partial charge is 0.381 e. The summed E-state index contributed by atoms with van der Waals surface area (Å²) in [5.74, 6) is 0.371. The topological polar surface area (TPSA) is 67.4 Å². The van der Waals surface area contributed by atoms with E-state index < -0.39 is 10.0 Å². The average molecular weight is 299 g/mol. The van der Waals surface area contributed by atoms with E-state index in [2.05, 4.69) is 10.0 Å². The van der Waals surface area contributed by atoms with Crippen LogP contribution in [0.2, 0.25) is 0 Å². The third kappa shape index (κ3) is 4.66. The van der Waals surface area contributed by atoms with Gasteiger partial charge < -0.3 is 10.1 Å². The minimum atomic E-state index is -3.17. The molecule has 7 heteroatoms. The molecule has 0 aromatic rings. The first-order valence-corrected chi connectivity index (χ1v) is 8.03. The molecule has 0 spiro atoms. The van der Waals surface area contributed by atoms with Gasteiger partial charge in [-0.3, -0.25) is 0 Å². The van der Waals surface area contributed by atoms with Crippen molar-refractivity contribution in [1.29, 1.82) is 0 Å². The summed E-state index contributed by atoms with van der Waals surface area (Å²) in [5, 5.41) is 3.30. The molecule has 2 saturated heterocycles. The van der Waals surface area contributed by atoms with Crippen LogP contribution in [0.1, 0.15) is 26.2 Å². The van der Waals surface area contributed by atoms with Crippen molar-refractivity contribution in [3.8, 4) is 0 Å². The zero-order valence-corrected chi connectivity index (χ0v) is 12.4. The fourth-order valence-electron chi connectivity index (χ4n) is 2.51. The lowest BCUT2D eigenvalue weighted by Gasteiger charge is -2.30. The molecule has 0 saturated carbocycles. The van der Waals surface area contributed by atoms with Gasteiger partial charge in [0.25, 0.3) is 0 Å². The van der Waals surface area contributed by atoms with Crippen LogP contribution >= 0.6 is 12.4 Å². The monoisotopic (exact) mass is 298 g/mol. The van der Waals surface area contributed by atoms with E-state index in [1.165, 1.54) is 0 Å². The van der Waals surface area contributed by atoms with Crippen LogP contribution in [0.5, 0.6) is 0 Å². The smallest absolute Gasteiger partial charge is 0.212 e. The highest BCUT2D eigenvalue weighted by atomic mass is 35.5. The molecule has 2 aliphatic heterocycles. The van der Waals surface area contributed by atoms with Crippen molar-refractivity contribution >= 4 is 22.4 Å². The Labute approximate surface area is 116 Å². The molecule has 0 bridgehead atoms. The van der Waals surface area contributed by atoms with Gasteiger partial charge in [0, 0.05) is 18.7 Å². The average Bonchev–Trinajstić information content (AvgIpc) is 2.73. The molecule has 0 aliphatic carbocycles.